The van der Waals surface area contributed by atoms with Crippen molar-refractivity contribution in [3.05, 3.63) is 81.6 Å². The van der Waals surface area contributed by atoms with E-state index in [4.69, 9.17) is 39.5 Å². The van der Waals surface area contributed by atoms with Gasteiger partial charge < -0.3 is 9.64 Å². The zero-order valence-electron chi connectivity index (χ0n) is 13.6. The highest BCUT2D eigenvalue weighted by Gasteiger charge is 2.20. The highest BCUT2D eigenvalue weighted by Crippen LogP contribution is 2.34. The van der Waals surface area contributed by atoms with E-state index in [1.54, 1.807) is 55.6 Å². The van der Waals surface area contributed by atoms with Gasteiger partial charge >= 0.3 is 0 Å². The molecule has 3 aromatic rings. The zero-order valence-corrected chi connectivity index (χ0v) is 15.9. The predicted octanol–water partition coefficient (Wildman–Crippen LogP) is 6.11. The lowest BCUT2D eigenvalue weighted by Crippen LogP contribution is -2.26. The summed E-state index contributed by atoms with van der Waals surface area (Å²) in [5.74, 6) is 0.302. The Hall–Kier alpha value is -2.27. The molecule has 0 spiro atoms. The Morgan fingerprint density at radius 1 is 1.00 bits per heavy atom. The summed E-state index contributed by atoms with van der Waals surface area (Å²) in [6, 6.07) is 13.5. The van der Waals surface area contributed by atoms with Gasteiger partial charge in [0, 0.05) is 24.3 Å². The van der Waals surface area contributed by atoms with Gasteiger partial charge in [-0.2, -0.15) is 0 Å². The van der Waals surface area contributed by atoms with Crippen LogP contribution in [-0.4, -0.2) is 17.9 Å². The van der Waals surface area contributed by atoms with Crippen LogP contribution in [0.2, 0.25) is 15.1 Å². The number of ether oxygens (including phenoxy) is 1. The Balaban J connectivity index is 1.95. The van der Waals surface area contributed by atoms with Gasteiger partial charge in [-0.25, -0.2) is 0 Å². The summed E-state index contributed by atoms with van der Waals surface area (Å²) in [4.78, 5) is 18.4. The predicted molar refractivity (Wildman–Crippen MR) is 105 cm³/mol. The van der Waals surface area contributed by atoms with Gasteiger partial charge in [-0.3, -0.25) is 9.78 Å². The van der Waals surface area contributed by atoms with Crippen molar-refractivity contribution in [1.29, 1.82) is 0 Å². The number of para-hydroxylation sites is 1. The van der Waals surface area contributed by atoms with Gasteiger partial charge in [0.15, 0.2) is 5.75 Å². The Morgan fingerprint density at radius 3 is 2.54 bits per heavy atom. The Morgan fingerprint density at radius 2 is 1.77 bits per heavy atom. The molecular formula is C19H13Cl3N2O2. The van der Waals surface area contributed by atoms with E-state index in [1.807, 2.05) is 0 Å². The van der Waals surface area contributed by atoms with Gasteiger partial charge in [0.1, 0.15) is 5.75 Å². The molecule has 0 saturated carbocycles. The number of anilines is 1. The van der Waals surface area contributed by atoms with Crippen LogP contribution in [0.4, 0.5) is 5.69 Å². The fourth-order valence-corrected chi connectivity index (χ4v) is 2.91. The molecule has 1 amide bonds. The van der Waals surface area contributed by atoms with Crippen molar-refractivity contribution in [2.75, 3.05) is 11.9 Å². The summed E-state index contributed by atoms with van der Waals surface area (Å²) in [6.45, 7) is 0. The number of halogens is 3. The number of hydrogen-bond donors (Lipinski definition) is 0. The number of carbonyl (C=O) groups excluding carboxylic acids is 1. The van der Waals surface area contributed by atoms with Gasteiger partial charge in [-0.15, -0.1) is 0 Å². The standard InChI is InChI=1S/C19H13Cl3N2O2/c1-24(16-5-3-2-4-14(16)21)19(25)13-8-9-23-11-18(13)26-17-10-12(20)6-7-15(17)22/h2-11H,1H3. The molecule has 26 heavy (non-hydrogen) atoms. The highest BCUT2D eigenvalue weighted by atomic mass is 35.5. The zero-order chi connectivity index (χ0) is 18.7. The quantitative estimate of drug-likeness (QED) is 0.524. The van der Waals surface area contributed by atoms with Crippen molar-refractivity contribution in [1.82, 2.24) is 4.98 Å². The van der Waals surface area contributed by atoms with Crippen molar-refractivity contribution >= 4 is 46.4 Å². The largest absolute Gasteiger partial charge is 0.453 e. The summed E-state index contributed by atoms with van der Waals surface area (Å²) >= 11 is 18.3. The number of aromatic nitrogens is 1. The molecule has 0 N–H and O–H groups in total. The molecule has 0 aliphatic rings. The van der Waals surface area contributed by atoms with Gasteiger partial charge in [0.25, 0.3) is 5.91 Å². The number of amides is 1. The maximum absolute atomic E-state index is 13.0. The first-order valence-corrected chi connectivity index (χ1v) is 8.70. The molecule has 0 atom stereocenters. The first kappa shape index (κ1) is 18.5. The maximum atomic E-state index is 13.0. The SMILES string of the molecule is CN(C(=O)c1ccncc1Oc1cc(Cl)ccc1Cl)c1ccccc1Cl. The monoisotopic (exact) mass is 406 g/mol. The van der Waals surface area contributed by atoms with Crippen molar-refractivity contribution in [3.63, 3.8) is 0 Å². The van der Waals surface area contributed by atoms with Crippen molar-refractivity contribution in [3.8, 4) is 11.5 Å². The second-order valence-electron chi connectivity index (χ2n) is 5.36. The molecule has 0 bridgehead atoms. The van der Waals surface area contributed by atoms with Crippen LogP contribution >= 0.6 is 34.8 Å². The van der Waals surface area contributed by atoms with Crippen LogP contribution < -0.4 is 9.64 Å². The van der Waals surface area contributed by atoms with Gasteiger partial charge in [0.2, 0.25) is 0 Å². The lowest BCUT2D eigenvalue weighted by Gasteiger charge is -2.20. The van der Waals surface area contributed by atoms with Gasteiger partial charge in [0.05, 0.1) is 27.5 Å². The maximum Gasteiger partial charge on any atom is 0.261 e. The molecule has 2 aromatic carbocycles. The molecule has 1 aromatic heterocycles. The lowest BCUT2D eigenvalue weighted by atomic mass is 10.2. The first-order chi connectivity index (χ1) is 12.5. The minimum Gasteiger partial charge on any atom is -0.453 e. The summed E-state index contributed by atoms with van der Waals surface area (Å²) in [6.07, 6.45) is 2.96. The Labute approximate surface area is 165 Å². The molecule has 0 fully saturated rings. The van der Waals surface area contributed by atoms with Crippen molar-refractivity contribution in [2.24, 2.45) is 0 Å². The van der Waals surface area contributed by atoms with Crippen LogP contribution in [0.25, 0.3) is 0 Å². The summed E-state index contributed by atoms with van der Waals surface area (Å²) in [7, 11) is 1.64. The topological polar surface area (TPSA) is 42.4 Å². The average Bonchev–Trinajstić information content (AvgIpc) is 2.64. The van der Waals surface area contributed by atoms with E-state index in [9.17, 15) is 4.79 Å². The number of pyridine rings is 1. The second kappa shape index (κ2) is 7.96. The fraction of sp³-hybridized carbons (Fsp3) is 0.0526. The molecule has 132 valence electrons. The van der Waals surface area contributed by atoms with E-state index in [0.717, 1.165) is 0 Å². The third-order valence-corrected chi connectivity index (χ3v) is 4.51. The van der Waals surface area contributed by atoms with Crippen LogP contribution in [0, 0.1) is 0 Å². The Kier molecular flexibility index (Phi) is 5.67. The van der Waals surface area contributed by atoms with Crippen LogP contribution in [-0.2, 0) is 0 Å². The van der Waals surface area contributed by atoms with Crippen LogP contribution in [0.3, 0.4) is 0 Å². The van der Waals surface area contributed by atoms with Crippen LogP contribution in [0.15, 0.2) is 60.9 Å². The molecule has 0 aliphatic carbocycles. The minimum atomic E-state index is -0.298. The molecule has 1 heterocycles. The van der Waals surface area contributed by atoms with Crippen molar-refractivity contribution in [2.45, 2.75) is 0 Å². The fourth-order valence-electron chi connectivity index (χ4n) is 2.33. The molecule has 0 aliphatic heterocycles. The average molecular weight is 408 g/mol. The van der Waals surface area contributed by atoms with E-state index in [1.165, 1.54) is 17.3 Å². The van der Waals surface area contributed by atoms with Gasteiger partial charge in [-0.1, -0.05) is 46.9 Å². The number of hydrogen-bond acceptors (Lipinski definition) is 3. The molecule has 0 unspecified atom stereocenters. The summed E-state index contributed by atoms with van der Waals surface area (Å²) in [5, 5.41) is 1.31. The Bertz CT molecular complexity index is 963. The number of nitrogens with zero attached hydrogens (tertiary/aromatic N) is 2. The van der Waals surface area contributed by atoms with Crippen molar-refractivity contribution < 1.29 is 9.53 Å². The molecular weight excluding hydrogens is 395 g/mol. The molecule has 3 rings (SSSR count). The van der Waals surface area contributed by atoms with Crippen LogP contribution in [0.5, 0.6) is 11.5 Å². The highest BCUT2D eigenvalue weighted by molar-refractivity contribution is 6.34. The van der Waals surface area contributed by atoms with Gasteiger partial charge in [-0.05, 0) is 30.3 Å². The second-order valence-corrected chi connectivity index (χ2v) is 6.62. The van der Waals surface area contributed by atoms with E-state index in [2.05, 4.69) is 4.98 Å². The first-order valence-electron chi connectivity index (χ1n) is 7.57. The normalized spacial score (nSPS) is 10.5. The molecule has 7 heteroatoms. The molecule has 4 nitrogen and oxygen atoms in total. The summed E-state index contributed by atoms with van der Waals surface area (Å²) < 4.78 is 5.80. The number of benzene rings is 2. The number of carbonyl (C=O) groups is 1. The van der Waals surface area contributed by atoms with E-state index >= 15 is 0 Å². The smallest absolute Gasteiger partial charge is 0.261 e. The minimum absolute atomic E-state index is 0.264. The number of rotatable bonds is 4. The third-order valence-electron chi connectivity index (χ3n) is 3.65. The molecule has 0 radical (unpaired) electrons. The lowest BCUT2D eigenvalue weighted by molar-refractivity contribution is 0.0990. The van der Waals surface area contributed by atoms with E-state index in [-0.39, 0.29) is 11.7 Å². The third kappa shape index (κ3) is 3.93. The van der Waals surface area contributed by atoms with E-state index in [0.29, 0.717) is 32.1 Å². The summed E-state index contributed by atoms with van der Waals surface area (Å²) in [5.41, 5.74) is 0.904. The van der Waals surface area contributed by atoms with E-state index < -0.39 is 0 Å². The van der Waals surface area contributed by atoms with Crippen LogP contribution in [0.1, 0.15) is 10.4 Å². The molecule has 0 saturated heterocycles.